The second kappa shape index (κ2) is 4.86. The van der Waals surface area contributed by atoms with E-state index in [1.54, 1.807) is 10.4 Å². The van der Waals surface area contributed by atoms with Gasteiger partial charge >= 0.3 is 0 Å². The Hall–Kier alpha value is -1.13. The Balaban J connectivity index is 2.63. The fraction of sp³-hybridized carbons (Fsp3) is 0.250. The molecule has 0 aliphatic heterocycles. The molecule has 2 heteroatoms. The largest absolute Gasteiger partial charge is 0.105 e. The highest BCUT2D eigenvalue weighted by molar-refractivity contribution is 7.33. The number of hydrogen-bond donors (Lipinski definition) is 0. The van der Waals surface area contributed by atoms with Crippen molar-refractivity contribution in [2.45, 2.75) is 25.8 Å². The van der Waals surface area contributed by atoms with Crippen LogP contribution >= 0.6 is 0 Å². The third kappa shape index (κ3) is 2.22. The van der Waals surface area contributed by atoms with Crippen molar-refractivity contribution in [1.29, 1.82) is 0 Å². The Morgan fingerprint density at radius 3 is 1.33 bits per heavy atom. The molecule has 2 rings (SSSR count). The summed E-state index contributed by atoms with van der Waals surface area (Å²) in [5.74, 6) is 0. The van der Waals surface area contributed by atoms with Crippen LogP contribution in [0.1, 0.15) is 20.8 Å². The molecule has 0 unspecified atom stereocenters. The van der Waals surface area contributed by atoms with Crippen molar-refractivity contribution in [3.63, 3.8) is 0 Å². The highest BCUT2D eigenvalue weighted by Gasteiger charge is 2.42. The number of benzene rings is 2. The van der Waals surface area contributed by atoms with Gasteiger partial charge in [-0.1, -0.05) is 91.8 Å². The standard InChI is InChI=1S/C16H22Si2/c1-16(2,3)18(17,14-10-6-4-7-11-14)15-12-8-5-9-13-15/h4-13H,1-3,17H3. The Kier molecular flexibility index (Phi) is 3.60. The van der Waals surface area contributed by atoms with Crippen LogP contribution < -0.4 is 10.4 Å². The second-order valence-corrected chi connectivity index (χ2v) is 15.5. The van der Waals surface area contributed by atoms with Crippen LogP contribution in [-0.4, -0.2) is 17.4 Å². The van der Waals surface area contributed by atoms with Crippen molar-refractivity contribution in [2.24, 2.45) is 0 Å². The van der Waals surface area contributed by atoms with Gasteiger partial charge in [-0.3, -0.25) is 0 Å². The summed E-state index contributed by atoms with van der Waals surface area (Å²) >= 11 is 0. The van der Waals surface area contributed by atoms with Crippen LogP contribution in [0.4, 0.5) is 0 Å². The molecule has 0 atom stereocenters. The maximum Gasteiger partial charge on any atom is 0.105 e. The number of rotatable bonds is 2. The Morgan fingerprint density at radius 1 is 0.722 bits per heavy atom. The minimum Gasteiger partial charge on any atom is -0.0629 e. The van der Waals surface area contributed by atoms with Crippen molar-refractivity contribution >= 4 is 27.7 Å². The molecule has 2 aromatic carbocycles. The zero-order valence-electron chi connectivity index (χ0n) is 11.8. The summed E-state index contributed by atoms with van der Waals surface area (Å²) in [4.78, 5) is 0. The van der Waals surface area contributed by atoms with E-state index in [4.69, 9.17) is 0 Å². The third-order valence-corrected chi connectivity index (χ3v) is 18.1. The van der Waals surface area contributed by atoms with Gasteiger partial charge in [0.2, 0.25) is 0 Å². The third-order valence-electron chi connectivity index (χ3n) is 4.20. The summed E-state index contributed by atoms with van der Waals surface area (Å²) < 4.78 is 0. The first-order valence-electron chi connectivity index (χ1n) is 6.57. The fourth-order valence-electron chi connectivity index (χ4n) is 2.58. The topological polar surface area (TPSA) is 0 Å². The van der Waals surface area contributed by atoms with Crippen molar-refractivity contribution < 1.29 is 0 Å². The molecule has 0 aliphatic carbocycles. The lowest BCUT2D eigenvalue weighted by Crippen LogP contribution is -2.65. The van der Waals surface area contributed by atoms with E-state index in [0.717, 1.165) is 0 Å². The average Bonchev–Trinajstić information content (AvgIpc) is 2.38. The van der Waals surface area contributed by atoms with Crippen LogP contribution in [0.3, 0.4) is 0 Å². The van der Waals surface area contributed by atoms with E-state index in [9.17, 15) is 0 Å². The van der Waals surface area contributed by atoms with Gasteiger partial charge in [-0.15, -0.1) is 0 Å². The minimum atomic E-state index is -1.56. The molecule has 0 spiro atoms. The second-order valence-electron chi connectivity index (χ2n) is 6.11. The normalized spacial score (nSPS) is 12.6. The molecule has 0 saturated carbocycles. The first kappa shape index (κ1) is 13.3. The molecule has 94 valence electrons. The van der Waals surface area contributed by atoms with Gasteiger partial charge in [0, 0.05) is 9.76 Å². The maximum atomic E-state index is 2.41. The van der Waals surface area contributed by atoms with Gasteiger partial charge in [-0.2, -0.15) is 0 Å². The fourth-order valence-corrected chi connectivity index (χ4v) is 8.36. The molecule has 0 heterocycles. The van der Waals surface area contributed by atoms with Crippen LogP contribution in [0.25, 0.3) is 0 Å². The summed E-state index contributed by atoms with van der Waals surface area (Å²) in [7, 11) is -0.323. The number of hydrogen-bond acceptors (Lipinski definition) is 0. The minimum absolute atomic E-state index is 0.363. The Bertz CT molecular complexity index is 458. The van der Waals surface area contributed by atoms with Crippen LogP contribution in [0, 0.1) is 0 Å². The predicted molar refractivity (Wildman–Crippen MR) is 87.6 cm³/mol. The van der Waals surface area contributed by atoms with E-state index in [1.807, 2.05) is 0 Å². The van der Waals surface area contributed by atoms with Gasteiger partial charge in [-0.05, 0) is 5.04 Å². The van der Waals surface area contributed by atoms with Gasteiger partial charge in [0.1, 0.15) is 7.59 Å². The van der Waals surface area contributed by atoms with Crippen LogP contribution in [0.2, 0.25) is 5.04 Å². The molecular weight excluding hydrogens is 248 g/mol. The van der Waals surface area contributed by atoms with Crippen LogP contribution in [0.5, 0.6) is 0 Å². The van der Waals surface area contributed by atoms with Crippen LogP contribution in [-0.2, 0) is 0 Å². The zero-order chi connectivity index (χ0) is 13.2. The van der Waals surface area contributed by atoms with Gasteiger partial charge in [-0.25, -0.2) is 0 Å². The molecule has 2 aromatic rings. The molecule has 0 aromatic heterocycles. The molecular formula is C16H22Si2. The summed E-state index contributed by atoms with van der Waals surface area (Å²) in [6.07, 6.45) is 0. The Morgan fingerprint density at radius 2 is 1.06 bits per heavy atom. The lowest BCUT2D eigenvalue weighted by molar-refractivity contribution is 0.744. The lowest BCUT2D eigenvalue weighted by Gasteiger charge is -2.41. The van der Waals surface area contributed by atoms with Crippen molar-refractivity contribution in [1.82, 2.24) is 0 Å². The molecule has 0 saturated heterocycles. The van der Waals surface area contributed by atoms with Gasteiger partial charge in [0.05, 0.1) is 0 Å². The zero-order valence-corrected chi connectivity index (χ0v) is 14.8. The first-order chi connectivity index (χ1) is 8.46. The van der Waals surface area contributed by atoms with Crippen molar-refractivity contribution in [3.8, 4) is 0 Å². The van der Waals surface area contributed by atoms with Crippen molar-refractivity contribution in [3.05, 3.63) is 60.7 Å². The summed E-state index contributed by atoms with van der Waals surface area (Å²) in [6, 6.07) is 22.3. The predicted octanol–water partition coefficient (Wildman–Crippen LogP) is 1.91. The molecule has 0 bridgehead atoms. The highest BCUT2D eigenvalue weighted by atomic mass is 29.2. The molecule has 0 nitrogen and oxygen atoms in total. The first-order valence-corrected chi connectivity index (χ1v) is 12.1. The molecule has 0 N–H and O–H groups in total. The van der Waals surface area contributed by atoms with E-state index in [-0.39, 0.29) is 0 Å². The molecule has 18 heavy (non-hydrogen) atoms. The summed E-state index contributed by atoms with van der Waals surface area (Å²) in [5, 5.41) is 3.52. The van der Waals surface area contributed by atoms with Gasteiger partial charge in [0.15, 0.2) is 0 Å². The molecule has 0 aliphatic rings. The van der Waals surface area contributed by atoms with Crippen LogP contribution in [0.15, 0.2) is 60.7 Å². The summed E-state index contributed by atoms with van der Waals surface area (Å²) in [6.45, 7) is 7.23. The van der Waals surface area contributed by atoms with Gasteiger partial charge < -0.3 is 0 Å². The average molecular weight is 271 g/mol. The smallest absolute Gasteiger partial charge is 0.0629 e. The van der Waals surface area contributed by atoms with E-state index in [1.165, 1.54) is 9.76 Å². The van der Waals surface area contributed by atoms with E-state index < -0.39 is 7.59 Å². The summed E-state index contributed by atoms with van der Waals surface area (Å²) in [5.41, 5.74) is 0. The highest BCUT2D eigenvalue weighted by Crippen LogP contribution is 2.33. The van der Waals surface area contributed by atoms with E-state index in [2.05, 4.69) is 81.4 Å². The maximum absolute atomic E-state index is 2.41. The molecule has 0 amide bonds. The van der Waals surface area contributed by atoms with E-state index in [0.29, 0.717) is 5.04 Å². The quantitative estimate of drug-likeness (QED) is 0.732. The monoisotopic (exact) mass is 270 g/mol. The molecule has 0 fully saturated rings. The SMILES string of the molecule is CC(C)(C)[Si]([SiH3])(c1ccccc1)c1ccccc1. The van der Waals surface area contributed by atoms with Gasteiger partial charge in [0.25, 0.3) is 0 Å². The van der Waals surface area contributed by atoms with E-state index >= 15 is 0 Å². The van der Waals surface area contributed by atoms with Crippen molar-refractivity contribution in [2.75, 3.05) is 0 Å². The Labute approximate surface area is 114 Å². The molecule has 0 radical (unpaired) electrons. The lowest BCUT2D eigenvalue weighted by atomic mass is 10.2.